The minimum Gasteiger partial charge on any atom is -0.467 e. The van der Waals surface area contributed by atoms with Gasteiger partial charge in [-0.25, -0.2) is 0 Å². The van der Waals surface area contributed by atoms with Crippen molar-refractivity contribution in [2.75, 3.05) is 27.2 Å². The Kier molecular flexibility index (Phi) is 6.52. The number of hydrogen-bond donors (Lipinski definition) is 1. The Morgan fingerprint density at radius 1 is 1.29 bits per heavy atom. The number of hydrogen-bond acceptors (Lipinski definition) is 4. The maximum atomic E-state index is 12.7. The number of likely N-dealkylation sites (N-methyl/N-ethyl adjacent to an activating group) is 1. The molecule has 1 N–H and O–H groups in total. The molecule has 1 aliphatic heterocycles. The first-order valence-corrected chi connectivity index (χ1v) is 9.81. The number of carbonyl (C=O) groups is 2. The molecule has 6 heteroatoms. The molecular formula is C22H29N3O3. The molecule has 150 valence electrons. The maximum absolute atomic E-state index is 12.7. The fourth-order valence-electron chi connectivity index (χ4n) is 3.61. The summed E-state index contributed by atoms with van der Waals surface area (Å²) in [5.41, 5.74) is 2.47. The van der Waals surface area contributed by atoms with E-state index in [2.05, 4.69) is 41.4 Å². The Labute approximate surface area is 166 Å². The van der Waals surface area contributed by atoms with Crippen LogP contribution in [0.5, 0.6) is 0 Å². The van der Waals surface area contributed by atoms with Gasteiger partial charge in [0.2, 0.25) is 11.8 Å². The molecule has 0 saturated carbocycles. The Bertz CT molecular complexity index is 784. The van der Waals surface area contributed by atoms with E-state index in [0.29, 0.717) is 19.6 Å². The number of carbonyl (C=O) groups excluding carboxylic acids is 2. The number of aryl methyl sites for hydroxylation is 1. The predicted molar refractivity (Wildman–Crippen MR) is 107 cm³/mol. The van der Waals surface area contributed by atoms with Crippen molar-refractivity contribution in [2.45, 2.75) is 32.4 Å². The largest absolute Gasteiger partial charge is 0.467 e. The van der Waals surface area contributed by atoms with Gasteiger partial charge in [0.15, 0.2) is 0 Å². The second-order valence-corrected chi connectivity index (χ2v) is 7.57. The lowest BCUT2D eigenvalue weighted by Gasteiger charge is -2.26. The van der Waals surface area contributed by atoms with Crippen molar-refractivity contribution < 1.29 is 14.0 Å². The SMILES string of the molecule is CCc1ccc(C(CNC(=O)C2CC(=O)N(Cc3ccco3)C2)N(C)C)cc1. The zero-order valence-corrected chi connectivity index (χ0v) is 16.9. The van der Waals surface area contributed by atoms with Gasteiger partial charge >= 0.3 is 0 Å². The second kappa shape index (κ2) is 9.06. The van der Waals surface area contributed by atoms with Gasteiger partial charge in [0.1, 0.15) is 5.76 Å². The molecule has 6 nitrogen and oxygen atoms in total. The zero-order chi connectivity index (χ0) is 20.1. The lowest BCUT2D eigenvalue weighted by Crippen LogP contribution is -2.38. The molecule has 0 radical (unpaired) electrons. The number of furan rings is 1. The topological polar surface area (TPSA) is 65.8 Å². The van der Waals surface area contributed by atoms with Gasteiger partial charge in [-0.1, -0.05) is 31.2 Å². The molecule has 0 spiro atoms. The van der Waals surface area contributed by atoms with Crippen LogP contribution in [0.15, 0.2) is 47.1 Å². The second-order valence-electron chi connectivity index (χ2n) is 7.57. The molecule has 0 bridgehead atoms. The Hall–Kier alpha value is -2.60. The summed E-state index contributed by atoms with van der Waals surface area (Å²) in [5, 5.41) is 3.05. The predicted octanol–water partition coefficient (Wildman–Crippen LogP) is 2.61. The van der Waals surface area contributed by atoms with E-state index in [1.807, 2.05) is 20.2 Å². The first-order chi connectivity index (χ1) is 13.5. The van der Waals surface area contributed by atoms with Crippen LogP contribution >= 0.6 is 0 Å². The summed E-state index contributed by atoms with van der Waals surface area (Å²) in [6.07, 6.45) is 2.85. The number of likely N-dealkylation sites (tertiary alicyclic amines) is 1. The van der Waals surface area contributed by atoms with Crippen molar-refractivity contribution in [3.05, 3.63) is 59.5 Å². The third-order valence-corrected chi connectivity index (χ3v) is 5.38. The number of benzene rings is 1. The third-order valence-electron chi connectivity index (χ3n) is 5.38. The molecule has 1 fully saturated rings. The highest BCUT2D eigenvalue weighted by Crippen LogP contribution is 2.22. The van der Waals surface area contributed by atoms with E-state index in [0.717, 1.165) is 12.2 Å². The lowest BCUT2D eigenvalue weighted by atomic mass is 10.0. The van der Waals surface area contributed by atoms with Crippen LogP contribution in [0.25, 0.3) is 0 Å². The summed E-state index contributed by atoms with van der Waals surface area (Å²) in [6, 6.07) is 12.2. The molecule has 28 heavy (non-hydrogen) atoms. The van der Waals surface area contributed by atoms with Crippen molar-refractivity contribution in [1.82, 2.24) is 15.1 Å². The number of nitrogens with one attached hydrogen (secondary N) is 1. The molecule has 2 amide bonds. The van der Waals surface area contributed by atoms with Crippen LogP contribution in [0.2, 0.25) is 0 Å². The molecule has 0 aliphatic carbocycles. The highest BCUT2D eigenvalue weighted by molar-refractivity contribution is 5.89. The van der Waals surface area contributed by atoms with E-state index in [1.54, 1.807) is 17.2 Å². The Morgan fingerprint density at radius 3 is 2.64 bits per heavy atom. The van der Waals surface area contributed by atoms with Crippen LogP contribution in [0.4, 0.5) is 0 Å². The van der Waals surface area contributed by atoms with Crippen molar-refractivity contribution in [2.24, 2.45) is 5.92 Å². The first kappa shape index (κ1) is 20.1. The normalized spacial score (nSPS) is 17.9. The number of nitrogens with zero attached hydrogens (tertiary/aromatic N) is 2. The number of rotatable bonds is 8. The fourth-order valence-corrected chi connectivity index (χ4v) is 3.61. The summed E-state index contributed by atoms with van der Waals surface area (Å²) >= 11 is 0. The molecule has 3 rings (SSSR count). The van der Waals surface area contributed by atoms with Gasteiger partial charge in [-0.2, -0.15) is 0 Å². The summed E-state index contributed by atoms with van der Waals surface area (Å²) in [7, 11) is 4.02. The highest BCUT2D eigenvalue weighted by atomic mass is 16.3. The summed E-state index contributed by atoms with van der Waals surface area (Å²) < 4.78 is 5.31. The molecular weight excluding hydrogens is 354 g/mol. The monoisotopic (exact) mass is 383 g/mol. The lowest BCUT2D eigenvalue weighted by molar-refractivity contribution is -0.129. The van der Waals surface area contributed by atoms with E-state index in [4.69, 9.17) is 4.42 Å². The van der Waals surface area contributed by atoms with Gasteiger partial charge in [-0.3, -0.25) is 9.59 Å². The van der Waals surface area contributed by atoms with E-state index < -0.39 is 0 Å². The van der Waals surface area contributed by atoms with E-state index in [-0.39, 0.29) is 30.2 Å². The van der Waals surface area contributed by atoms with Crippen molar-refractivity contribution >= 4 is 11.8 Å². The molecule has 1 aliphatic rings. The van der Waals surface area contributed by atoms with Gasteiger partial charge in [0.05, 0.1) is 24.8 Å². The zero-order valence-electron chi connectivity index (χ0n) is 16.9. The van der Waals surface area contributed by atoms with E-state index >= 15 is 0 Å². The minimum absolute atomic E-state index is 0.00383. The third kappa shape index (κ3) is 4.81. The first-order valence-electron chi connectivity index (χ1n) is 9.81. The standard InChI is InChI=1S/C22H29N3O3/c1-4-16-7-9-17(10-8-16)20(24(2)3)13-23-22(27)18-12-21(26)25(14-18)15-19-6-5-11-28-19/h5-11,18,20H,4,12-15H2,1-3H3,(H,23,27). The molecule has 1 aromatic heterocycles. The molecule has 1 aromatic carbocycles. The molecule has 1 saturated heterocycles. The average molecular weight is 383 g/mol. The van der Waals surface area contributed by atoms with E-state index in [9.17, 15) is 9.59 Å². The quantitative estimate of drug-likeness (QED) is 0.761. The summed E-state index contributed by atoms with van der Waals surface area (Å²) in [6.45, 7) is 3.50. The van der Waals surface area contributed by atoms with Crippen LogP contribution < -0.4 is 5.32 Å². The summed E-state index contributed by atoms with van der Waals surface area (Å²) in [5.74, 6) is 0.355. The van der Waals surface area contributed by atoms with Crippen LogP contribution in [0.1, 0.15) is 36.3 Å². The average Bonchev–Trinajstić information content (AvgIpc) is 3.32. The summed E-state index contributed by atoms with van der Waals surface area (Å²) in [4.78, 5) is 28.7. The van der Waals surface area contributed by atoms with Crippen LogP contribution in [0.3, 0.4) is 0 Å². The molecule has 2 unspecified atom stereocenters. The number of amides is 2. The van der Waals surface area contributed by atoms with Crippen LogP contribution in [-0.4, -0.2) is 48.8 Å². The minimum atomic E-state index is -0.312. The van der Waals surface area contributed by atoms with Crippen molar-refractivity contribution in [1.29, 1.82) is 0 Å². The van der Waals surface area contributed by atoms with Crippen molar-refractivity contribution in [3.8, 4) is 0 Å². The maximum Gasteiger partial charge on any atom is 0.225 e. The van der Waals surface area contributed by atoms with Gasteiger partial charge in [0, 0.05) is 19.5 Å². The fraction of sp³-hybridized carbons (Fsp3) is 0.455. The molecule has 2 atom stereocenters. The molecule has 2 aromatic rings. The Morgan fingerprint density at radius 2 is 2.04 bits per heavy atom. The van der Waals surface area contributed by atoms with Crippen LogP contribution in [0, 0.1) is 5.92 Å². The van der Waals surface area contributed by atoms with Gasteiger partial charge in [-0.15, -0.1) is 0 Å². The smallest absolute Gasteiger partial charge is 0.225 e. The van der Waals surface area contributed by atoms with Crippen molar-refractivity contribution in [3.63, 3.8) is 0 Å². The van der Waals surface area contributed by atoms with E-state index in [1.165, 1.54) is 11.1 Å². The van der Waals surface area contributed by atoms with Gasteiger partial charge in [0.25, 0.3) is 0 Å². The van der Waals surface area contributed by atoms with Crippen LogP contribution in [-0.2, 0) is 22.6 Å². The highest BCUT2D eigenvalue weighted by Gasteiger charge is 2.34. The van der Waals surface area contributed by atoms with Gasteiger partial charge in [-0.05, 0) is 43.8 Å². The van der Waals surface area contributed by atoms with Gasteiger partial charge < -0.3 is 19.5 Å². The molecule has 2 heterocycles. The Balaban J connectivity index is 1.56.